The van der Waals surface area contributed by atoms with Gasteiger partial charge in [-0.2, -0.15) is 0 Å². The number of hydrogen-bond donors (Lipinski definition) is 1. The van der Waals surface area contributed by atoms with Crippen LogP contribution in [0.5, 0.6) is 0 Å². The van der Waals surface area contributed by atoms with Crippen molar-refractivity contribution in [3.8, 4) is 0 Å². The van der Waals surface area contributed by atoms with E-state index in [4.69, 9.17) is 0 Å². The van der Waals surface area contributed by atoms with Gasteiger partial charge in [0.2, 0.25) is 0 Å². The molecule has 1 aromatic carbocycles. The predicted molar refractivity (Wildman–Crippen MR) is 59.5 cm³/mol. The molecule has 1 aromatic heterocycles. The van der Waals surface area contributed by atoms with Crippen LogP contribution >= 0.6 is 0 Å². The molecule has 1 aliphatic heterocycles. The van der Waals surface area contributed by atoms with Gasteiger partial charge in [0, 0.05) is 28.7 Å². The lowest BCUT2D eigenvalue weighted by Gasteiger charge is -1.96. The highest BCUT2D eigenvalue weighted by Gasteiger charge is 2.12. The molecule has 2 aromatic rings. The summed E-state index contributed by atoms with van der Waals surface area (Å²) in [5, 5.41) is 1.30. The van der Waals surface area contributed by atoms with Gasteiger partial charge in [-0.15, -0.1) is 0 Å². The van der Waals surface area contributed by atoms with Crippen molar-refractivity contribution in [2.75, 3.05) is 0 Å². The van der Waals surface area contributed by atoms with Crippen molar-refractivity contribution in [3.63, 3.8) is 0 Å². The lowest BCUT2D eigenvalue weighted by molar-refractivity contribution is 1.30. The molecule has 14 heavy (non-hydrogen) atoms. The Bertz CT molecular complexity index is 547. The van der Waals surface area contributed by atoms with Crippen LogP contribution in [-0.2, 0) is 6.42 Å². The Morgan fingerprint density at radius 1 is 1.21 bits per heavy atom. The van der Waals surface area contributed by atoms with E-state index in [-0.39, 0.29) is 0 Å². The van der Waals surface area contributed by atoms with Crippen LogP contribution < -0.4 is 0 Å². The Balaban J connectivity index is 2.31. The van der Waals surface area contributed by atoms with Gasteiger partial charge in [-0.1, -0.05) is 0 Å². The molecule has 0 amide bonds. The van der Waals surface area contributed by atoms with Gasteiger partial charge in [-0.3, -0.25) is 4.99 Å². The monoisotopic (exact) mass is 184 g/mol. The standard InChI is InChI=1S/C12H12N2/c1-7-3-9-5-10-4-8(2)14-12(10)6-11(9)13-7/h3,5-6,13H,4H2,1-2H3. The van der Waals surface area contributed by atoms with E-state index in [1.807, 2.05) is 0 Å². The Kier molecular flexibility index (Phi) is 1.38. The zero-order valence-electron chi connectivity index (χ0n) is 8.39. The number of rotatable bonds is 0. The van der Waals surface area contributed by atoms with Crippen molar-refractivity contribution >= 4 is 22.3 Å². The van der Waals surface area contributed by atoms with Crippen molar-refractivity contribution < 1.29 is 0 Å². The van der Waals surface area contributed by atoms with Gasteiger partial charge in [0.05, 0.1) is 5.69 Å². The Morgan fingerprint density at radius 3 is 2.93 bits per heavy atom. The fraction of sp³-hybridized carbons (Fsp3) is 0.250. The molecule has 0 saturated carbocycles. The Hall–Kier alpha value is -1.57. The number of aliphatic imine (C=N–C) groups is 1. The normalized spacial score (nSPS) is 14.6. The molecule has 0 bridgehead atoms. The third-order valence-corrected chi connectivity index (χ3v) is 2.71. The molecule has 0 radical (unpaired) electrons. The summed E-state index contributed by atoms with van der Waals surface area (Å²) in [6.07, 6.45) is 1.01. The van der Waals surface area contributed by atoms with Gasteiger partial charge in [-0.25, -0.2) is 0 Å². The maximum absolute atomic E-state index is 4.51. The summed E-state index contributed by atoms with van der Waals surface area (Å²) in [4.78, 5) is 7.84. The second-order valence-electron chi connectivity index (χ2n) is 4.04. The minimum Gasteiger partial charge on any atom is -0.359 e. The third-order valence-electron chi connectivity index (χ3n) is 2.71. The van der Waals surface area contributed by atoms with Crippen LogP contribution in [0.2, 0.25) is 0 Å². The van der Waals surface area contributed by atoms with E-state index in [1.165, 1.54) is 27.9 Å². The van der Waals surface area contributed by atoms with Crippen LogP contribution in [0.3, 0.4) is 0 Å². The first kappa shape index (κ1) is 7.80. The lowest BCUT2D eigenvalue weighted by Crippen LogP contribution is -1.88. The van der Waals surface area contributed by atoms with E-state index in [0.717, 1.165) is 12.1 Å². The van der Waals surface area contributed by atoms with Crippen molar-refractivity contribution in [2.24, 2.45) is 4.99 Å². The average Bonchev–Trinajstić information content (AvgIpc) is 2.59. The molecule has 2 heterocycles. The van der Waals surface area contributed by atoms with E-state index in [1.54, 1.807) is 0 Å². The van der Waals surface area contributed by atoms with Gasteiger partial charge in [-0.05, 0) is 37.6 Å². The van der Waals surface area contributed by atoms with Gasteiger partial charge >= 0.3 is 0 Å². The summed E-state index contributed by atoms with van der Waals surface area (Å²) in [5.74, 6) is 0. The molecule has 1 N–H and O–H groups in total. The van der Waals surface area contributed by atoms with Crippen LogP contribution in [0.1, 0.15) is 18.2 Å². The molecule has 2 nitrogen and oxygen atoms in total. The largest absolute Gasteiger partial charge is 0.359 e. The summed E-state index contributed by atoms with van der Waals surface area (Å²) in [5.41, 5.74) is 6.11. The predicted octanol–water partition coefficient (Wildman–Crippen LogP) is 3.12. The third kappa shape index (κ3) is 1.00. The molecule has 0 spiro atoms. The lowest BCUT2D eigenvalue weighted by atomic mass is 10.1. The number of aromatic nitrogens is 1. The first-order chi connectivity index (χ1) is 6.72. The van der Waals surface area contributed by atoms with Crippen molar-refractivity contribution in [2.45, 2.75) is 20.3 Å². The van der Waals surface area contributed by atoms with Crippen LogP contribution in [0, 0.1) is 6.92 Å². The molecule has 0 saturated heterocycles. The number of nitrogens with one attached hydrogen (secondary N) is 1. The molecule has 0 aliphatic carbocycles. The van der Waals surface area contributed by atoms with Crippen molar-refractivity contribution in [1.82, 2.24) is 4.98 Å². The fourth-order valence-electron chi connectivity index (χ4n) is 2.13. The van der Waals surface area contributed by atoms with Crippen LogP contribution in [0.25, 0.3) is 10.9 Å². The second kappa shape index (κ2) is 2.47. The quantitative estimate of drug-likeness (QED) is 0.651. The molecule has 2 heteroatoms. The van der Waals surface area contributed by atoms with Crippen LogP contribution in [0.4, 0.5) is 5.69 Å². The number of H-pyrrole nitrogens is 1. The number of hydrogen-bond acceptors (Lipinski definition) is 1. The fourth-order valence-corrected chi connectivity index (χ4v) is 2.13. The van der Waals surface area contributed by atoms with Gasteiger partial charge < -0.3 is 4.98 Å². The molecular formula is C12H12N2. The first-order valence-electron chi connectivity index (χ1n) is 4.89. The van der Waals surface area contributed by atoms with Gasteiger partial charge in [0.25, 0.3) is 0 Å². The van der Waals surface area contributed by atoms with E-state index in [9.17, 15) is 0 Å². The zero-order valence-corrected chi connectivity index (χ0v) is 8.39. The number of nitrogens with zero attached hydrogens (tertiary/aromatic N) is 1. The highest BCUT2D eigenvalue weighted by molar-refractivity contribution is 5.96. The number of aromatic amines is 1. The zero-order chi connectivity index (χ0) is 9.71. The Labute approximate surface area is 82.7 Å². The second-order valence-corrected chi connectivity index (χ2v) is 4.04. The summed E-state index contributed by atoms with van der Waals surface area (Å²) >= 11 is 0. The highest BCUT2D eigenvalue weighted by Crippen LogP contribution is 2.31. The van der Waals surface area contributed by atoms with E-state index in [0.29, 0.717) is 0 Å². The summed E-state index contributed by atoms with van der Waals surface area (Å²) in [6, 6.07) is 6.57. The summed E-state index contributed by atoms with van der Waals surface area (Å²) in [6.45, 7) is 4.17. The molecule has 70 valence electrons. The molecule has 0 unspecified atom stereocenters. The molecule has 0 atom stereocenters. The van der Waals surface area contributed by atoms with Crippen LogP contribution in [-0.4, -0.2) is 10.7 Å². The highest BCUT2D eigenvalue weighted by atomic mass is 14.8. The average molecular weight is 184 g/mol. The van der Waals surface area contributed by atoms with E-state index < -0.39 is 0 Å². The first-order valence-corrected chi connectivity index (χ1v) is 4.89. The molecule has 1 aliphatic rings. The van der Waals surface area contributed by atoms with Crippen LogP contribution in [0.15, 0.2) is 23.2 Å². The summed E-state index contributed by atoms with van der Waals surface area (Å²) < 4.78 is 0. The Morgan fingerprint density at radius 2 is 2.07 bits per heavy atom. The van der Waals surface area contributed by atoms with Crippen molar-refractivity contribution in [3.05, 3.63) is 29.5 Å². The summed E-state index contributed by atoms with van der Waals surface area (Å²) in [7, 11) is 0. The SMILES string of the molecule is CC1=Nc2cc3[nH]c(C)cc3cc2C1. The van der Waals surface area contributed by atoms with Crippen molar-refractivity contribution in [1.29, 1.82) is 0 Å². The number of fused-ring (bicyclic) bond motifs is 2. The molecule has 0 fully saturated rings. The smallest absolute Gasteiger partial charge is 0.0685 e. The topological polar surface area (TPSA) is 28.1 Å². The molecule has 3 rings (SSSR count). The maximum atomic E-state index is 4.51. The van der Waals surface area contributed by atoms with E-state index >= 15 is 0 Å². The van der Waals surface area contributed by atoms with E-state index in [2.05, 4.69) is 42.0 Å². The van der Waals surface area contributed by atoms with Gasteiger partial charge in [0.1, 0.15) is 0 Å². The maximum Gasteiger partial charge on any atom is 0.0685 e. The van der Waals surface area contributed by atoms with Gasteiger partial charge in [0.15, 0.2) is 0 Å². The number of aryl methyl sites for hydroxylation is 1. The minimum atomic E-state index is 1.01. The minimum absolute atomic E-state index is 1.01. The number of benzene rings is 1. The molecular weight excluding hydrogens is 172 g/mol.